The molecule has 0 aliphatic carbocycles. The van der Waals surface area contributed by atoms with Gasteiger partial charge in [-0.1, -0.05) is 29.8 Å². The first-order valence-corrected chi connectivity index (χ1v) is 10.00. The van der Waals surface area contributed by atoms with Crippen molar-refractivity contribution < 1.29 is 14.3 Å². The number of carbonyl (C=O) groups is 1. The topological polar surface area (TPSA) is 51.7 Å². The second-order valence-electron chi connectivity index (χ2n) is 7.83. The lowest BCUT2D eigenvalue weighted by molar-refractivity contribution is 0.0876. The van der Waals surface area contributed by atoms with Gasteiger partial charge in [-0.15, -0.1) is 0 Å². The zero-order valence-corrected chi connectivity index (χ0v) is 17.0. The van der Waals surface area contributed by atoms with Gasteiger partial charge in [0.2, 0.25) is 5.78 Å². The van der Waals surface area contributed by atoms with Crippen molar-refractivity contribution in [1.82, 2.24) is 9.88 Å². The van der Waals surface area contributed by atoms with E-state index in [9.17, 15) is 4.79 Å². The maximum atomic E-state index is 13.0. The molecule has 0 saturated heterocycles. The number of aromatic nitrogens is 1. The molecule has 0 fully saturated rings. The minimum Gasteiger partial charge on any atom is -0.477 e. The van der Waals surface area contributed by atoms with Gasteiger partial charge < -0.3 is 9.47 Å². The summed E-state index contributed by atoms with van der Waals surface area (Å²) in [5, 5.41) is 0. The fraction of sp³-hybridized carbons (Fsp3) is 0.200. The molecule has 0 saturated carbocycles. The highest BCUT2D eigenvalue weighted by Crippen LogP contribution is 2.43. The molecule has 0 unspecified atom stereocenters. The molecule has 5 heteroatoms. The molecule has 0 atom stereocenters. The average molecular weight is 398 g/mol. The number of fused-ring (bicyclic) bond motifs is 2. The third kappa shape index (κ3) is 3.37. The van der Waals surface area contributed by atoms with Crippen LogP contribution in [0.4, 0.5) is 0 Å². The van der Waals surface area contributed by atoms with Crippen molar-refractivity contribution in [2.24, 2.45) is 0 Å². The van der Waals surface area contributed by atoms with E-state index in [0.29, 0.717) is 23.8 Å². The minimum atomic E-state index is -0.0941. The summed E-state index contributed by atoms with van der Waals surface area (Å²) >= 11 is 0. The molecular formula is C25H22N2O3. The molecule has 1 aromatic heterocycles. The number of allylic oxidation sites excluding steroid dienone is 1. The maximum absolute atomic E-state index is 13.0. The van der Waals surface area contributed by atoms with Gasteiger partial charge in [0.15, 0.2) is 5.76 Å². The van der Waals surface area contributed by atoms with Crippen molar-refractivity contribution in [3.05, 3.63) is 94.0 Å². The van der Waals surface area contributed by atoms with E-state index in [1.54, 1.807) is 18.5 Å². The molecule has 2 aromatic carbocycles. The quantitative estimate of drug-likeness (QED) is 0.600. The summed E-state index contributed by atoms with van der Waals surface area (Å²) in [6.45, 7) is 6.08. The van der Waals surface area contributed by atoms with Crippen LogP contribution in [0.1, 0.15) is 38.2 Å². The number of ketones is 1. The van der Waals surface area contributed by atoms with Crippen LogP contribution < -0.4 is 9.47 Å². The molecule has 3 aromatic rings. The molecule has 5 nitrogen and oxygen atoms in total. The second kappa shape index (κ2) is 7.43. The van der Waals surface area contributed by atoms with E-state index in [1.165, 1.54) is 11.1 Å². The van der Waals surface area contributed by atoms with Crippen LogP contribution in [0.3, 0.4) is 0 Å². The van der Waals surface area contributed by atoms with Gasteiger partial charge in [-0.2, -0.15) is 0 Å². The zero-order valence-electron chi connectivity index (χ0n) is 17.0. The predicted molar refractivity (Wildman–Crippen MR) is 114 cm³/mol. The van der Waals surface area contributed by atoms with E-state index in [2.05, 4.69) is 41.1 Å². The number of pyridine rings is 1. The van der Waals surface area contributed by atoms with E-state index in [4.69, 9.17) is 9.47 Å². The van der Waals surface area contributed by atoms with E-state index < -0.39 is 0 Å². The smallest absolute Gasteiger partial charge is 0.231 e. The molecule has 150 valence electrons. The number of rotatable bonds is 3. The minimum absolute atomic E-state index is 0.0941. The average Bonchev–Trinajstić information content (AvgIpc) is 3.06. The molecule has 5 rings (SSSR count). The highest BCUT2D eigenvalue weighted by atomic mass is 16.5. The van der Waals surface area contributed by atoms with E-state index in [1.807, 2.05) is 25.1 Å². The number of hydrogen-bond donors (Lipinski definition) is 0. The van der Waals surface area contributed by atoms with Gasteiger partial charge in [0, 0.05) is 36.6 Å². The number of nitrogens with zero attached hydrogens (tertiary/aromatic N) is 2. The fourth-order valence-corrected chi connectivity index (χ4v) is 3.96. The number of hydrogen-bond acceptors (Lipinski definition) is 5. The van der Waals surface area contributed by atoms with Crippen molar-refractivity contribution in [1.29, 1.82) is 0 Å². The molecular weight excluding hydrogens is 376 g/mol. The Morgan fingerprint density at radius 1 is 1.07 bits per heavy atom. The van der Waals surface area contributed by atoms with Crippen molar-refractivity contribution in [3.63, 3.8) is 0 Å². The number of benzene rings is 2. The molecule has 3 heterocycles. The van der Waals surface area contributed by atoms with E-state index >= 15 is 0 Å². The standard InChI is InChI=1S/C25H22N2O3/c1-16-3-5-19(6-4-16)13-27-14-20-12-21-23(28)22(11-18-7-9-26-10-8-18)30-25(21)17(2)24(20)29-15-27/h3-12H,13-15H2,1-2H3/b22-11-. The summed E-state index contributed by atoms with van der Waals surface area (Å²) in [5.74, 6) is 1.67. The number of ether oxygens (including phenoxy) is 2. The lowest BCUT2D eigenvalue weighted by atomic mass is 10.00. The van der Waals surface area contributed by atoms with Crippen molar-refractivity contribution in [2.45, 2.75) is 26.9 Å². The molecule has 0 N–H and O–H groups in total. The van der Waals surface area contributed by atoms with Crippen LogP contribution in [0, 0.1) is 13.8 Å². The Bertz CT molecular complexity index is 1150. The lowest BCUT2D eigenvalue weighted by Gasteiger charge is -2.30. The van der Waals surface area contributed by atoms with Crippen LogP contribution in [0.2, 0.25) is 0 Å². The molecule has 2 aliphatic heterocycles. The Morgan fingerprint density at radius 2 is 1.83 bits per heavy atom. The van der Waals surface area contributed by atoms with Gasteiger partial charge in [0.1, 0.15) is 18.2 Å². The van der Waals surface area contributed by atoms with Gasteiger partial charge >= 0.3 is 0 Å². The van der Waals surface area contributed by atoms with Crippen LogP contribution in [-0.4, -0.2) is 22.4 Å². The first-order chi connectivity index (χ1) is 14.6. The summed E-state index contributed by atoms with van der Waals surface area (Å²) in [5.41, 5.74) is 5.87. The Balaban J connectivity index is 1.42. The van der Waals surface area contributed by atoms with Crippen LogP contribution in [0.5, 0.6) is 11.5 Å². The summed E-state index contributed by atoms with van der Waals surface area (Å²) in [7, 11) is 0. The first kappa shape index (κ1) is 18.6. The monoisotopic (exact) mass is 398 g/mol. The van der Waals surface area contributed by atoms with Gasteiger partial charge in [-0.3, -0.25) is 14.7 Å². The Kier molecular flexibility index (Phi) is 4.60. The molecule has 30 heavy (non-hydrogen) atoms. The third-order valence-corrected chi connectivity index (χ3v) is 5.53. The normalized spacial score (nSPS) is 16.7. The molecule has 2 aliphatic rings. The number of carbonyl (C=O) groups excluding carboxylic acids is 1. The first-order valence-electron chi connectivity index (χ1n) is 10.00. The molecule has 0 bridgehead atoms. The highest BCUT2D eigenvalue weighted by Gasteiger charge is 2.33. The Labute approximate surface area is 175 Å². The molecule has 0 radical (unpaired) electrons. The zero-order chi connectivity index (χ0) is 20.7. The van der Waals surface area contributed by atoms with Crippen molar-refractivity contribution in [2.75, 3.05) is 6.73 Å². The van der Waals surface area contributed by atoms with Gasteiger partial charge in [0.25, 0.3) is 0 Å². The van der Waals surface area contributed by atoms with Crippen molar-refractivity contribution in [3.8, 4) is 11.5 Å². The van der Waals surface area contributed by atoms with Crippen LogP contribution >= 0.6 is 0 Å². The molecule has 0 amide bonds. The lowest BCUT2D eigenvalue weighted by Crippen LogP contribution is -2.32. The predicted octanol–water partition coefficient (Wildman–Crippen LogP) is 4.67. The van der Waals surface area contributed by atoms with Gasteiger partial charge in [-0.05, 0) is 49.2 Å². The summed E-state index contributed by atoms with van der Waals surface area (Å²) in [6.07, 6.45) is 5.14. The van der Waals surface area contributed by atoms with Crippen LogP contribution in [0.15, 0.2) is 60.6 Å². The Hall–Kier alpha value is -3.44. The molecule has 0 spiro atoms. The fourth-order valence-electron chi connectivity index (χ4n) is 3.96. The van der Waals surface area contributed by atoms with Gasteiger partial charge in [0.05, 0.1) is 5.56 Å². The largest absolute Gasteiger partial charge is 0.477 e. The number of Topliss-reactive ketones (excluding diaryl/α,β-unsaturated/α-hetero) is 1. The summed E-state index contributed by atoms with van der Waals surface area (Å²) in [4.78, 5) is 19.2. The third-order valence-electron chi connectivity index (χ3n) is 5.53. The van der Waals surface area contributed by atoms with Crippen LogP contribution in [-0.2, 0) is 13.1 Å². The number of aryl methyl sites for hydroxylation is 1. The summed E-state index contributed by atoms with van der Waals surface area (Å²) in [6, 6.07) is 14.1. The van der Waals surface area contributed by atoms with Crippen molar-refractivity contribution >= 4 is 11.9 Å². The van der Waals surface area contributed by atoms with E-state index in [0.717, 1.165) is 35.5 Å². The summed E-state index contributed by atoms with van der Waals surface area (Å²) < 4.78 is 12.0. The van der Waals surface area contributed by atoms with Gasteiger partial charge in [-0.25, -0.2) is 0 Å². The SMILES string of the molecule is Cc1ccc(CN2COc3c(cc4c(c3C)O/C(=C\c3ccncc3)C4=O)C2)cc1. The second-order valence-corrected chi connectivity index (χ2v) is 7.83. The highest BCUT2D eigenvalue weighted by molar-refractivity contribution is 6.15. The Morgan fingerprint density at radius 3 is 2.60 bits per heavy atom. The maximum Gasteiger partial charge on any atom is 0.231 e. The van der Waals surface area contributed by atoms with Crippen LogP contribution in [0.25, 0.3) is 6.08 Å². The van der Waals surface area contributed by atoms with E-state index in [-0.39, 0.29) is 5.78 Å².